The van der Waals surface area contributed by atoms with Gasteiger partial charge in [-0.05, 0) is 124 Å². The molecule has 3 nitrogen and oxygen atoms in total. The fourth-order valence-electron chi connectivity index (χ4n) is 8.76. The van der Waals surface area contributed by atoms with Gasteiger partial charge in [-0.1, -0.05) is 129 Å². The highest BCUT2D eigenvalue weighted by Crippen LogP contribution is 2.51. The van der Waals surface area contributed by atoms with Gasteiger partial charge in [-0.2, -0.15) is 0 Å². The van der Waals surface area contributed by atoms with Crippen LogP contribution in [-0.2, 0) is 5.41 Å². The maximum absolute atomic E-state index is 11.7. The Morgan fingerprint density at radius 2 is 1.04 bits per heavy atom. The first-order valence-electron chi connectivity index (χ1n) is 19.3. The number of para-hydroxylation sites is 1. The molecule has 8 aromatic carbocycles. The average Bonchev–Trinajstić information content (AvgIpc) is 3.69. The van der Waals surface area contributed by atoms with Crippen LogP contribution in [0.25, 0.3) is 60.9 Å². The second kappa shape index (κ2) is 13.1. The smallest absolute Gasteiger partial charge is 0.150 e. The number of aldehydes is 1. The van der Waals surface area contributed by atoms with Crippen molar-refractivity contribution in [1.29, 1.82) is 0 Å². The van der Waals surface area contributed by atoms with Crippen molar-refractivity contribution in [3.63, 3.8) is 0 Å². The van der Waals surface area contributed by atoms with Crippen LogP contribution in [0.1, 0.15) is 40.9 Å². The number of aryl methyl sites for hydroxylation is 1. The molecule has 0 radical (unpaired) electrons. The van der Waals surface area contributed by atoms with E-state index in [9.17, 15) is 4.79 Å². The Bertz CT molecular complexity index is 2940. The first-order chi connectivity index (χ1) is 27.4. The maximum atomic E-state index is 11.7. The lowest BCUT2D eigenvalue weighted by atomic mass is 9.82. The Morgan fingerprint density at radius 3 is 1.73 bits per heavy atom. The van der Waals surface area contributed by atoms with Gasteiger partial charge in [0, 0.05) is 44.5 Å². The highest BCUT2D eigenvalue weighted by atomic mass is 16.1. The summed E-state index contributed by atoms with van der Waals surface area (Å²) in [5.41, 5.74) is 18.1. The van der Waals surface area contributed by atoms with Crippen molar-refractivity contribution < 1.29 is 4.79 Å². The summed E-state index contributed by atoms with van der Waals surface area (Å²) in [5.74, 6) is 0. The third kappa shape index (κ3) is 5.47. The summed E-state index contributed by atoms with van der Waals surface area (Å²) >= 11 is 0. The topological polar surface area (TPSA) is 25.2 Å². The monoisotopic (exact) mass is 720 g/mol. The predicted molar refractivity (Wildman–Crippen MR) is 234 cm³/mol. The quantitative estimate of drug-likeness (QED) is 0.153. The van der Waals surface area contributed by atoms with E-state index in [-0.39, 0.29) is 5.41 Å². The second-order valence-electron chi connectivity index (χ2n) is 15.5. The average molecular weight is 721 g/mol. The van der Waals surface area contributed by atoms with Crippen molar-refractivity contribution in [1.82, 2.24) is 4.57 Å². The first kappa shape index (κ1) is 33.6. The molecule has 0 saturated heterocycles. The largest absolute Gasteiger partial charge is 0.310 e. The fourth-order valence-corrected chi connectivity index (χ4v) is 8.76. The van der Waals surface area contributed by atoms with Crippen molar-refractivity contribution in [3.05, 3.63) is 204 Å². The normalized spacial score (nSPS) is 12.8. The van der Waals surface area contributed by atoms with E-state index in [1.165, 1.54) is 77.6 Å². The fraction of sp³-hybridized carbons (Fsp3) is 0.0755. The maximum Gasteiger partial charge on any atom is 0.150 e. The van der Waals surface area contributed by atoms with Gasteiger partial charge in [0.15, 0.2) is 0 Å². The Kier molecular flexibility index (Phi) is 7.86. The van der Waals surface area contributed by atoms with Crippen molar-refractivity contribution in [2.45, 2.75) is 26.2 Å². The molecular weight excluding hydrogens is 681 g/mol. The lowest BCUT2D eigenvalue weighted by molar-refractivity contribution is 0.112. The number of nitrogens with zero attached hydrogens (tertiary/aromatic N) is 2. The third-order valence-electron chi connectivity index (χ3n) is 11.7. The zero-order valence-electron chi connectivity index (χ0n) is 31.7. The summed E-state index contributed by atoms with van der Waals surface area (Å²) in [6.07, 6.45) is 0.941. The Balaban J connectivity index is 1.06. The van der Waals surface area contributed by atoms with E-state index >= 15 is 0 Å². The standard InChI is InChI=1S/C53H40N2O/c1-35-13-21-43(22-14-35)55-51-12-8-7-11-47(51)48-32-40(20-30-52(48)55)39-18-25-42(26-19-39)54(41-23-16-38(17-24-41)37-9-5-4-6-10-37)44-27-29-46-45-28-15-36(34-56)31-49(45)53(2,3)50(46)33-44/h4-34H,1-3H3. The molecule has 0 N–H and O–H groups in total. The summed E-state index contributed by atoms with van der Waals surface area (Å²) < 4.78 is 2.37. The number of fused-ring (bicyclic) bond motifs is 6. The Morgan fingerprint density at radius 1 is 0.482 bits per heavy atom. The Hall–Kier alpha value is -6.97. The van der Waals surface area contributed by atoms with E-state index in [0.717, 1.165) is 23.3 Å². The molecule has 1 aliphatic carbocycles. The number of carbonyl (C=O) groups excluding carboxylic acids is 1. The molecule has 9 aromatic rings. The number of anilines is 3. The van der Waals surface area contributed by atoms with Gasteiger partial charge in [0.1, 0.15) is 6.29 Å². The number of carbonyl (C=O) groups is 1. The molecule has 10 rings (SSSR count). The van der Waals surface area contributed by atoms with Crippen molar-refractivity contribution in [2.24, 2.45) is 0 Å². The van der Waals surface area contributed by atoms with Crippen LogP contribution in [0.2, 0.25) is 0 Å². The highest BCUT2D eigenvalue weighted by Gasteiger charge is 2.36. The van der Waals surface area contributed by atoms with Gasteiger partial charge in [0.05, 0.1) is 11.0 Å². The number of hydrogen-bond acceptors (Lipinski definition) is 2. The molecule has 1 aliphatic rings. The van der Waals surface area contributed by atoms with Crippen molar-refractivity contribution in [3.8, 4) is 39.1 Å². The van der Waals surface area contributed by atoms with Crippen molar-refractivity contribution >= 4 is 45.2 Å². The number of rotatable bonds is 7. The minimum absolute atomic E-state index is 0.256. The van der Waals surface area contributed by atoms with Gasteiger partial charge in [-0.3, -0.25) is 4.79 Å². The van der Waals surface area contributed by atoms with Gasteiger partial charge < -0.3 is 9.47 Å². The lowest BCUT2D eigenvalue weighted by Gasteiger charge is -2.28. The van der Waals surface area contributed by atoms with E-state index in [0.29, 0.717) is 5.56 Å². The number of hydrogen-bond donors (Lipinski definition) is 0. The van der Waals surface area contributed by atoms with Crippen molar-refractivity contribution in [2.75, 3.05) is 4.90 Å². The molecule has 0 atom stereocenters. The van der Waals surface area contributed by atoms with Gasteiger partial charge >= 0.3 is 0 Å². The van der Waals surface area contributed by atoms with Gasteiger partial charge in [-0.25, -0.2) is 0 Å². The molecule has 0 unspecified atom stereocenters. The SMILES string of the molecule is Cc1ccc(-n2c3ccccc3c3cc(-c4ccc(N(c5ccc(-c6ccccc6)cc5)c5ccc6c(c5)C(C)(C)c5cc(C=O)ccc5-6)cc4)ccc32)cc1. The summed E-state index contributed by atoms with van der Waals surface area (Å²) in [5, 5.41) is 2.49. The summed E-state index contributed by atoms with van der Waals surface area (Å²) in [7, 11) is 0. The molecule has 0 spiro atoms. The van der Waals surface area contributed by atoms with E-state index < -0.39 is 0 Å². The lowest BCUT2D eigenvalue weighted by Crippen LogP contribution is -2.17. The summed E-state index contributed by atoms with van der Waals surface area (Å²) in [4.78, 5) is 14.1. The molecular formula is C53H40N2O. The van der Waals surface area contributed by atoms with Gasteiger partial charge in [0.2, 0.25) is 0 Å². The third-order valence-corrected chi connectivity index (χ3v) is 11.7. The zero-order valence-corrected chi connectivity index (χ0v) is 31.7. The van der Waals surface area contributed by atoms with E-state index in [1.807, 2.05) is 6.07 Å². The van der Waals surface area contributed by atoms with Crippen LogP contribution in [0, 0.1) is 6.92 Å². The molecule has 0 amide bonds. The van der Waals surface area contributed by atoms with Crippen LogP contribution in [-0.4, -0.2) is 10.9 Å². The molecule has 1 heterocycles. The molecule has 3 heteroatoms. The van der Waals surface area contributed by atoms with Gasteiger partial charge in [-0.15, -0.1) is 0 Å². The molecule has 0 bridgehead atoms. The zero-order chi connectivity index (χ0) is 38.0. The minimum atomic E-state index is -0.256. The van der Waals surface area contributed by atoms with Crippen LogP contribution in [0.3, 0.4) is 0 Å². The second-order valence-corrected chi connectivity index (χ2v) is 15.5. The van der Waals surface area contributed by atoms with Crippen LogP contribution in [0.4, 0.5) is 17.1 Å². The van der Waals surface area contributed by atoms with Gasteiger partial charge in [0.25, 0.3) is 0 Å². The van der Waals surface area contributed by atoms with E-state index in [1.54, 1.807) is 0 Å². The molecule has 1 aromatic heterocycles. The van der Waals surface area contributed by atoms with E-state index in [2.05, 4.69) is 206 Å². The first-order valence-corrected chi connectivity index (χ1v) is 19.3. The molecule has 0 fully saturated rings. The number of benzene rings is 8. The molecule has 268 valence electrons. The summed E-state index contributed by atoms with van der Waals surface area (Å²) in [6.45, 7) is 6.66. The predicted octanol–water partition coefficient (Wildman–Crippen LogP) is 14.0. The minimum Gasteiger partial charge on any atom is -0.310 e. The van der Waals surface area contributed by atoms with E-state index in [4.69, 9.17) is 0 Å². The van der Waals surface area contributed by atoms with Crippen LogP contribution in [0.5, 0.6) is 0 Å². The summed E-state index contributed by atoms with van der Waals surface area (Å²) in [6, 6.07) is 65.6. The molecule has 0 aliphatic heterocycles. The van der Waals surface area contributed by atoms with Crippen LogP contribution >= 0.6 is 0 Å². The molecule has 56 heavy (non-hydrogen) atoms. The van der Waals surface area contributed by atoms with Crippen LogP contribution in [0.15, 0.2) is 182 Å². The molecule has 0 saturated carbocycles. The Labute approximate surface area is 327 Å². The number of aromatic nitrogens is 1. The highest BCUT2D eigenvalue weighted by molar-refractivity contribution is 6.10. The van der Waals surface area contributed by atoms with Crippen LogP contribution < -0.4 is 4.90 Å².